The average molecular weight is 366 g/mol. The first-order valence-corrected chi connectivity index (χ1v) is 8.56. The molecule has 140 valence electrons. The molecule has 2 N–H and O–H groups in total. The van der Waals surface area contributed by atoms with Gasteiger partial charge in [-0.25, -0.2) is 0 Å². The van der Waals surface area contributed by atoms with Gasteiger partial charge >= 0.3 is 0 Å². The molecule has 7 nitrogen and oxygen atoms in total. The van der Waals surface area contributed by atoms with E-state index in [1.165, 1.54) is 0 Å². The molecular weight excluding hydrogens is 344 g/mol. The lowest BCUT2D eigenvalue weighted by atomic mass is 10.1. The number of amides is 2. The lowest BCUT2D eigenvalue weighted by molar-refractivity contribution is -0.119. The second-order valence-electron chi connectivity index (χ2n) is 6.36. The van der Waals surface area contributed by atoms with Gasteiger partial charge in [0.2, 0.25) is 5.91 Å². The number of hydrogen-bond donors (Lipinski definition) is 2. The Kier molecular flexibility index (Phi) is 5.40. The molecule has 0 spiro atoms. The Hall–Kier alpha value is -3.35. The van der Waals surface area contributed by atoms with Crippen molar-refractivity contribution in [3.8, 4) is 5.75 Å². The molecule has 27 heavy (non-hydrogen) atoms. The molecule has 1 aliphatic rings. The predicted molar refractivity (Wildman–Crippen MR) is 106 cm³/mol. The Bertz CT molecular complexity index is 877. The van der Waals surface area contributed by atoms with Crippen LogP contribution in [0.25, 0.3) is 0 Å². The molecular formula is C20H22N4O3. The lowest BCUT2D eigenvalue weighted by Crippen LogP contribution is -2.39. The van der Waals surface area contributed by atoms with Gasteiger partial charge in [0.05, 0.1) is 20.0 Å². The summed E-state index contributed by atoms with van der Waals surface area (Å²) in [6, 6.07) is 12.0. The summed E-state index contributed by atoms with van der Waals surface area (Å²) in [4.78, 5) is 30.9. The molecule has 1 atom stereocenters. The summed E-state index contributed by atoms with van der Waals surface area (Å²) >= 11 is 0. The summed E-state index contributed by atoms with van der Waals surface area (Å²) in [5.41, 5.74) is 2.62. The van der Waals surface area contributed by atoms with Gasteiger partial charge in [0.15, 0.2) is 0 Å². The number of benzene rings is 2. The second kappa shape index (κ2) is 7.90. The van der Waals surface area contributed by atoms with Gasteiger partial charge in [-0.1, -0.05) is 6.07 Å². The Morgan fingerprint density at radius 3 is 2.52 bits per heavy atom. The van der Waals surface area contributed by atoms with Crippen molar-refractivity contribution < 1.29 is 14.3 Å². The molecule has 0 bridgehead atoms. The number of aryl methyl sites for hydroxylation is 1. The van der Waals surface area contributed by atoms with E-state index in [0.29, 0.717) is 29.2 Å². The maximum atomic E-state index is 12.5. The lowest BCUT2D eigenvalue weighted by Gasteiger charge is -2.19. The van der Waals surface area contributed by atoms with Crippen molar-refractivity contribution in [1.82, 2.24) is 4.90 Å². The topological polar surface area (TPSA) is 83.0 Å². The number of nitrogens with one attached hydrogen (secondary N) is 2. The first-order valence-electron chi connectivity index (χ1n) is 8.56. The highest BCUT2D eigenvalue weighted by atomic mass is 16.5. The molecule has 0 saturated carbocycles. The zero-order chi connectivity index (χ0) is 19.4. The zero-order valence-corrected chi connectivity index (χ0v) is 15.5. The minimum absolute atomic E-state index is 0.147. The minimum Gasteiger partial charge on any atom is -0.497 e. The molecule has 2 aromatic carbocycles. The number of methoxy groups -OCH3 is 1. The van der Waals surface area contributed by atoms with Gasteiger partial charge < -0.3 is 20.3 Å². The highest BCUT2D eigenvalue weighted by Crippen LogP contribution is 2.20. The van der Waals surface area contributed by atoms with Crippen molar-refractivity contribution in [3.63, 3.8) is 0 Å². The van der Waals surface area contributed by atoms with E-state index in [4.69, 9.17) is 4.74 Å². The van der Waals surface area contributed by atoms with E-state index in [1.54, 1.807) is 54.7 Å². The summed E-state index contributed by atoms with van der Waals surface area (Å²) in [6.07, 6.45) is 1.65. The highest BCUT2D eigenvalue weighted by molar-refractivity contribution is 6.06. The van der Waals surface area contributed by atoms with Crippen LogP contribution in [-0.4, -0.2) is 49.8 Å². The molecule has 2 aromatic rings. The van der Waals surface area contributed by atoms with Gasteiger partial charge in [0.1, 0.15) is 11.8 Å². The number of likely N-dealkylation sites (N-methyl/N-ethyl adjacent to an activating group) is 1. The molecule has 1 heterocycles. The fraction of sp³-hybridized carbons (Fsp3) is 0.250. The van der Waals surface area contributed by atoms with E-state index in [2.05, 4.69) is 15.6 Å². The van der Waals surface area contributed by atoms with Crippen LogP contribution in [0.15, 0.2) is 47.5 Å². The molecule has 1 unspecified atom stereocenters. The zero-order valence-electron chi connectivity index (χ0n) is 15.5. The fourth-order valence-electron chi connectivity index (χ4n) is 2.74. The fourth-order valence-corrected chi connectivity index (χ4v) is 2.74. The number of ether oxygens (including phenoxy) is 1. The number of carbonyl (C=O) groups is 2. The van der Waals surface area contributed by atoms with Crippen LogP contribution in [0.5, 0.6) is 5.75 Å². The first kappa shape index (κ1) is 18.4. The number of rotatable bonds is 5. The maximum absolute atomic E-state index is 12.5. The van der Waals surface area contributed by atoms with E-state index in [9.17, 15) is 9.59 Å². The summed E-state index contributed by atoms with van der Waals surface area (Å²) in [5, 5.41) is 5.74. The predicted octanol–water partition coefficient (Wildman–Crippen LogP) is 2.54. The van der Waals surface area contributed by atoms with E-state index in [0.717, 1.165) is 5.56 Å². The second-order valence-corrected chi connectivity index (χ2v) is 6.36. The van der Waals surface area contributed by atoms with Crippen LogP contribution in [0.2, 0.25) is 0 Å². The molecule has 0 aromatic heterocycles. The third kappa shape index (κ3) is 4.25. The Balaban J connectivity index is 1.71. The summed E-state index contributed by atoms with van der Waals surface area (Å²) < 4.78 is 5.11. The third-order valence-corrected chi connectivity index (χ3v) is 4.44. The van der Waals surface area contributed by atoms with Crippen LogP contribution in [0, 0.1) is 6.92 Å². The smallest absolute Gasteiger partial charge is 0.255 e. The van der Waals surface area contributed by atoms with E-state index < -0.39 is 0 Å². The molecule has 7 heteroatoms. The molecule has 0 aliphatic carbocycles. The minimum atomic E-state index is -0.332. The van der Waals surface area contributed by atoms with Gasteiger partial charge in [0.25, 0.3) is 5.91 Å². The van der Waals surface area contributed by atoms with Gasteiger partial charge in [0, 0.05) is 24.0 Å². The molecule has 1 aliphatic heterocycles. The van der Waals surface area contributed by atoms with Crippen molar-refractivity contribution in [3.05, 3.63) is 53.6 Å². The molecule has 0 saturated heterocycles. The third-order valence-electron chi connectivity index (χ3n) is 4.44. The Labute approximate surface area is 158 Å². The normalized spacial score (nSPS) is 15.5. The van der Waals surface area contributed by atoms with E-state index >= 15 is 0 Å². The van der Waals surface area contributed by atoms with E-state index in [-0.39, 0.29) is 17.9 Å². The molecule has 0 fully saturated rings. The van der Waals surface area contributed by atoms with Crippen LogP contribution in [-0.2, 0) is 4.79 Å². The van der Waals surface area contributed by atoms with Crippen LogP contribution < -0.4 is 15.4 Å². The van der Waals surface area contributed by atoms with Crippen molar-refractivity contribution in [2.45, 2.75) is 13.0 Å². The highest BCUT2D eigenvalue weighted by Gasteiger charge is 2.25. The number of nitrogens with zero attached hydrogens (tertiary/aromatic N) is 2. The van der Waals surface area contributed by atoms with Gasteiger partial charge in [-0.15, -0.1) is 0 Å². The molecule has 2 amide bonds. The number of aliphatic imine (C=N–C) groups is 1. The Morgan fingerprint density at radius 2 is 1.89 bits per heavy atom. The SMILES string of the molecule is COc1ccc(NC(=O)c2ccc(C)c(NC(=O)C3CN=CN3C)c2)cc1. The average Bonchev–Trinajstić information content (AvgIpc) is 3.10. The van der Waals surface area contributed by atoms with Crippen LogP contribution in [0.1, 0.15) is 15.9 Å². The monoisotopic (exact) mass is 366 g/mol. The quantitative estimate of drug-likeness (QED) is 0.852. The van der Waals surface area contributed by atoms with Crippen molar-refractivity contribution in [2.24, 2.45) is 4.99 Å². The van der Waals surface area contributed by atoms with Gasteiger partial charge in [-0.2, -0.15) is 0 Å². The van der Waals surface area contributed by atoms with Crippen LogP contribution in [0.4, 0.5) is 11.4 Å². The van der Waals surface area contributed by atoms with Crippen molar-refractivity contribution in [2.75, 3.05) is 31.3 Å². The van der Waals surface area contributed by atoms with Gasteiger partial charge in [-0.05, 0) is 48.9 Å². The molecule has 3 rings (SSSR count). The largest absolute Gasteiger partial charge is 0.497 e. The standard InChI is InChI=1S/C20H22N4O3/c1-13-4-5-14(19(25)22-15-6-8-16(27-3)9-7-15)10-17(13)23-20(26)18-11-21-12-24(18)2/h4-10,12,18H,11H2,1-3H3,(H,22,25)(H,23,26). The maximum Gasteiger partial charge on any atom is 0.255 e. The summed E-state index contributed by atoms with van der Waals surface area (Å²) in [6.45, 7) is 2.31. The summed E-state index contributed by atoms with van der Waals surface area (Å²) in [5.74, 6) is 0.317. The van der Waals surface area contributed by atoms with Crippen LogP contribution >= 0.6 is 0 Å². The Morgan fingerprint density at radius 1 is 1.15 bits per heavy atom. The van der Waals surface area contributed by atoms with Crippen LogP contribution in [0.3, 0.4) is 0 Å². The number of carbonyl (C=O) groups excluding carboxylic acids is 2. The number of hydrogen-bond acceptors (Lipinski definition) is 5. The summed E-state index contributed by atoms with van der Waals surface area (Å²) in [7, 11) is 3.40. The molecule has 0 radical (unpaired) electrons. The van der Waals surface area contributed by atoms with Crippen molar-refractivity contribution in [1.29, 1.82) is 0 Å². The van der Waals surface area contributed by atoms with Gasteiger partial charge in [-0.3, -0.25) is 14.6 Å². The van der Waals surface area contributed by atoms with Crippen molar-refractivity contribution >= 4 is 29.5 Å². The number of anilines is 2. The first-order chi connectivity index (χ1) is 13.0. The van der Waals surface area contributed by atoms with E-state index in [1.807, 2.05) is 20.0 Å².